The Kier molecular flexibility index (Phi) is 7.51. The summed E-state index contributed by atoms with van der Waals surface area (Å²) in [5.74, 6) is 0.693. The fourth-order valence-corrected chi connectivity index (χ4v) is 3.61. The van der Waals surface area contributed by atoms with Gasteiger partial charge in [0.1, 0.15) is 0 Å². The molecule has 0 bridgehead atoms. The molecule has 0 radical (unpaired) electrons. The lowest BCUT2D eigenvalue weighted by Gasteiger charge is -2.26. The smallest absolute Gasteiger partial charge is 0.284 e. The van der Waals surface area contributed by atoms with Crippen LogP contribution in [0.25, 0.3) is 0 Å². The van der Waals surface area contributed by atoms with E-state index in [1.165, 1.54) is 19.3 Å². The second-order valence-electron chi connectivity index (χ2n) is 7.10. The van der Waals surface area contributed by atoms with Crippen LogP contribution < -0.4 is 5.32 Å². The van der Waals surface area contributed by atoms with E-state index in [-0.39, 0.29) is 11.3 Å². The van der Waals surface area contributed by atoms with Crippen LogP contribution in [0.5, 0.6) is 0 Å². The number of halogens is 2. The van der Waals surface area contributed by atoms with Crippen LogP contribution in [0.2, 0.25) is 0 Å². The molecule has 0 amide bonds. The molecule has 1 N–H and O–H groups in total. The summed E-state index contributed by atoms with van der Waals surface area (Å²) in [5.41, 5.74) is -1.30. The largest absolute Gasteiger partial charge is 0.312 e. The Bertz CT molecular complexity index is 594. The normalized spacial score (nSPS) is 15.2. The number of unbranched alkanes of at least 4 members (excludes halogenated alkanes) is 1. The number of carbonyl (C=O) groups is 1. The van der Waals surface area contributed by atoms with E-state index in [0.29, 0.717) is 36.4 Å². The van der Waals surface area contributed by atoms with Gasteiger partial charge in [-0.1, -0.05) is 35.9 Å². The Balaban J connectivity index is 2.26. The zero-order chi connectivity index (χ0) is 18.4. The minimum Gasteiger partial charge on any atom is -0.312 e. The molecule has 0 aliphatic heterocycles. The van der Waals surface area contributed by atoms with Gasteiger partial charge in [-0.15, -0.1) is 0 Å². The fourth-order valence-electron chi connectivity index (χ4n) is 3.35. The van der Waals surface area contributed by atoms with Crippen LogP contribution >= 0.6 is 9.24 Å². The second-order valence-corrected chi connectivity index (χ2v) is 7.83. The van der Waals surface area contributed by atoms with Crippen molar-refractivity contribution < 1.29 is 13.6 Å². The minimum absolute atomic E-state index is 0.0185. The van der Waals surface area contributed by atoms with Gasteiger partial charge < -0.3 is 5.32 Å². The lowest BCUT2D eigenvalue weighted by Crippen LogP contribution is -2.27. The maximum atomic E-state index is 14.1. The molecule has 1 unspecified atom stereocenters. The molecule has 0 heterocycles. The molecule has 1 aliphatic rings. The van der Waals surface area contributed by atoms with Gasteiger partial charge in [0, 0.05) is 24.1 Å². The van der Waals surface area contributed by atoms with Crippen LogP contribution in [0.3, 0.4) is 0 Å². The molecule has 0 saturated heterocycles. The predicted molar refractivity (Wildman–Crippen MR) is 102 cm³/mol. The number of hydrogen-bond acceptors (Lipinski definition) is 2. The predicted octanol–water partition coefficient (Wildman–Crippen LogP) is 5.44. The molecular formula is C20H30F2NOP. The number of Topliss-reactive ketones (excluding diaryl/α,β-unsaturated/α-hetero) is 1. The molecule has 2 rings (SSSR count). The quantitative estimate of drug-likeness (QED) is 0.440. The van der Waals surface area contributed by atoms with Crippen molar-refractivity contribution >= 4 is 15.0 Å². The number of carbonyl (C=O) groups excluding carboxylic acids is 1. The van der Waals surface area contributed by atoms with Crippen LogP contribution in [0, 0.1) is 5.92 Å². The molecular weight excluding hydrogens is 339 g/mol. The first-order valence-electron chi connectivity index (χ1n) is 9.43. The van der Waals surface area contributed by atoms with Crippen molar-refractivity contribution in [2.45, 2.75) is 71.0 Å². The monoisotopic (exact) mass is 369 g/mol. The third-order valence-corrected chi connectivity index (χ3v) is 5.38. The highest BCUT2D eigenvalue weighted by atomic mass is 31.0. The minimum atomic E-state index is -3.02. The van der Waals surface area contributed by atoms with Crippen molar-refractivity contribution in [3.63, 3.8) is 0 Å². The van der Waals surface area contributed by atoms with Crippen molar-refractivity contribution in [2.24, 2.45) is 5.92 Å². The first-order chi connectivity index (χ1) is 11.9. The number of hydrogen-bond donors (Lipinski definition) is 1. The van der Waals surface area contributed by atoms with Crippen molar-refractivity contribution in [2.75, 3.05) is 6.54 Å². The topological polar surface area (TPSA) is 29.1 Å². The van der Waals surface area contributed by atoms with Gasteiger partial charge in [0.05, 0.1) is 0 Å². The van der Waals surface area contributed by atoms with Gasteiger partial charge in [0.15, 0.2) is 5.78 Å². The Hall–Kier alpha value is -0.860. The standard InChI is InChI=1S/C20H30F2NOP/c1-3-5-9-19(24)17-10-15(13-23-12-14-7-6-8-14)11-18(16(17)4-2)20(21,22)25/h10-11,14,23H,3-9,12-13,25H2,1-2H3. The van der Waals surface area contributed by atoms with Crippen molar-refractivity contribution in [3.05, 3.63) is 34.4 Å². The molecule has 1 aromatic rings. The van der Waals surface area contributed by atoms with Gasteiger partial charge in [-0.2, -0.15) is 8.78 Å². The van der Waals surface area contributed by atoms with Gasteiger partial charge in [-0.05, 0) is 61.4 Å². The summed E-state index contributed by atoms with van der Waals surface area (Å²) >= 11 is 0. The van der Waals surface area contributed by atoms with E-state index in [2.05, 4.69) is 5.32 Å². The van der Waals surface area contributed by atoms with Crippen molar-refractivity contribution in [1.82, 2.24) is 5.32 Å². The number of alkyl halides is 2. The third kappa shape index (κ3) is 5.56. The summed E-state index contributed by atoms with van der Waals surface area (Å²) < 4.78 is 28.2. The molecule has 2 nitrogen and oxygen atoms in total. The molecule has 1 fully saturated rings. The van der Waals surface area contributed by atoms with Crippen LogP contribution in [0.1, 0.15) is 79.4 Å². The summed E-state index contributed by atoms with van der Waals surface area (Å²) in [6.07, 6.45) is 6.35. The van der Waals surface area contributed by atoms with E-state index in [9.17, 15) is 13.6 Å². The van der Waals surface area contributed by atoms with Crippen LogP contribution in [-0.2, 0) is 18.6 Å². The highest BCUT2D eigenvalue weighted by Crippen LogP contribution is 2.39. The zero-order valence-electron chi connectivity index (χ0n) is 15.3. The third-order valence-electron chi connectivity index (χ3n) is 5.07. The summed E-state index contributed by atoms with van der Waals surface area (Å²) in [6.45, 7) is 5.31. The van der Waals surface area contributed by atoms with Crippen molar-refractivity contribution in [3.8, 4) is 0 Å². The summed E-state index contributed by atoms with van der Waals surface area (Å²) in [7, 11) is 1.62. The van der Waals surface area contributed by atoms with Gasteiger partial charge in [0.2, 0.25) is 0 Å². The summed E-state index contributed by atoms with van der Waals surface area (Å²) in [4.78, 5) is 12.6. The first kappa shape index (κ1) is 20.5. The highest BCUT2D eigenvalue weighted by molar-refractivity contribution is 7.17. The van der Waals surface area contributed by atoms with Gasteiger partial charge in [-0.3, -0.25) is 4.79 Å². The van der Waals surface area contributed by atoms with E-state index < -0.39 is 5.66 Å². The van der Waals surface area contributed by atoms with E-state index >= 15 is 0 Å². The number of ketones is 1. The Morgan fingerprint density at radius 3 is 2.56 bits per heavy atom. The number of rotatable bonds is 10. The summed E-state index contributed by atoms with van der Waals surface area (Å²) in [6, 6.07) is 3.39. The van der Waals surface area contributed by atoms with E-state index in [0.717, 1.165) is 24.9 Å². The molecule has 1 atom stereocenters. The maximum absolute atomic E-state index is 14.1. The molecule has 1 saturated carbocycles. The lowest BCUT2D eigenvalue weighted by atomic mass is 9.85. The maximum Gasteiger partial charge on any atom is 0.284 e. The molecule has 1 aliphatic carbocycles. The highest BCUT2D eigenvalue weighted by Gasteiger charge is 2.30. The summed E-state index contributed by atoms with van der Waals surface area (Å²) in [5, 5.41) is 3.37. The average Bonchev–Trinajstić information content (AvgIpc) is 2.53. The molecule has 1 aromatic carbocycles. The molecule has 0 aromatic heterocycles. The van der Waals surface area contributed by atoms with E-state index in [1.54, 1.807) is 15.3 Å². The first-order valence-corrected chi connectivity index (χ1v) is 10.0. The Morgan fingerprint density at radius 2 is 2.04 bits per heavy atom. The Labute approximate surface area is 152 Å². The molecule has 0 spiro atoms. The zero-order valence-corrected chi connectivity index (χ0v) is 16.5. The fraction of sp³-hybridized carbons (Fsp3) is 0.650. The molecule has 25 heavy (non-hydrogen) atoms. The van der Waals surface area contributed by atoms with E-state index in [1.807, 2.05) is 19.9 Å². The van der Waals surface area contributed by atoms with Gasteiger partial charge in [-0.25, -0.2) is 0 Å². The van der Waals surface area contributed by atoms with E-state index in [4.69, 9.17) is 0 Å². The van der Waals surface area contributed by atoms with Crippen molar-refractivity contribution in [1.29, 1.82) is 0 Å². The second kappa shape index (κ2) is 9.19. The van der Waals surface area contributed by atoms with Crippen LogP contribution in [-0.4, -0.2) is 12.3 Å². The van der Waals surface area contributed by atoms with Crippen LogP contribution in [0.15, 0.2) is 12.1 Å². The average molecular weight is 369 g/mol. The van der Waals surface area contributed by atoms with Gasteiger partial charge >= 0.3 is 0 Å². The van der Waals surface area contributed by atoms with Crippen LogP contribution in [0.4, 0.5) is 8.78 Å². The SMILES string of the molecule is CCCCC(=O)c1cc(CNCC2CCC2)cc(C(F)(F)P)c1CC. The lowest BCUT2D eigenvalue weighted by molar-refractivity contribution is 0.0971. The van der Waals surface area contributed by atoms with Gasteiger partial charge in [0.25, 0.3) is 5.66 Å². The molecule has 140 valence electrons. The number of benzene rings is 1. The molecule has 5 heteroatoms. The Morgan fingerprint density at radius 1 is 1.32 bits per heavy atom. The number of nitrogens with one attached hydrogen (secondary N) is 1.